The van der Waals surface area contributed by atoms with Crippen molar-refractivity contribution in [3.8, 4) is 0 Å². The Morgan fingerprint density at radius 3 is 2.45 bits per heavy atom. The van der Waals surface area contributed by atoms with E-state index in [1.54, 1.807) is 14.2 Å². The average molecular weight is 278 g/mol. The number of hydrogen-bond acceptors (Lipinski definition) is 3. The summed E-state index contributed by atoms with van der Waals surface area (Å²) >= 11 is 0. The summed E-state index contributed by atoms with van der Waals surface area (Å²) in [6, 6.07) is 7.68. The maximum absolute atomic E-state index is 11.4. The van der Waals surface area contributed by atoms with Crippen molar-refractivity contribution < 1.29 is 9.53 Å². The first-order valence-corrected chi connectivity index (χ1v) is 6.99. The number of nitrogens with one attached hydrogen (secondary N) is 2. The molecule has 0 fully saturated rings. The van der Waals surface area contributed by atoms with Crippen molar-refractivity contribution in [1.82, 2.24) is 10.6 Å². The Balaban J connectivity index is 2.40. The van der Waals surface area contributed by atoms with Crippen LogP contribution in [0.4, 0.5) is 0 Å². The third kappa shape index (κ3) is 5.72. The van der Waals surface area contributed by atoms with Gasteiger partial charge >= 0.3 is 0 Å². The van der Waals surface area contributed by atoms with Gasteiger partial charge in [-0.2, -0.15) is 0 Å². The molecule has 0 atom stereocenters. The fourth-order valence-electron chi connectivity index (χ4n) is 1.93. The molecule has 0 saturated heterocycles. The van der Waals surface area contributed by atoms with Crippen molar-refractivity contribution in [1.29, 1.82) is 0 Å². The second-order valence-electron chi connectivity index (χ2n) is 5.79. The van der Waals surface area contributed by atoms with Gasteiger partial charge in [0, 0.05) is 39.4 Å². The summed E-state index contributed by atoms with van der Waals surface area (Å²) in [4.78, 5) is 11.4. The van der Waals surface area contributed by atoms with Gasteiger partial charge in [-0.15, -0.1) is 0 Å². The van der Waals surface area contributed by atoms with Crippen molar-refractivity contribution in [3.63, 3.8) is 0 Å². The third-order valence-electron chi connectivity index (χ3n) is 3.36. The van der Waals surface area contributed by atoms with Crippen LogP contribution in [0.25, 0.3) is 0 Å². The van der Waals surface area contributed by atoms with E-state index in [4.69, 9.17) is 4.74 Å². The summed E-state index contributed by atoms with van der Waals surface area (Å²) in [7, 11) is 3.37. The number of rotatable bonds is 8. The third-order valence-corrected chi connectivity index (χ3v) is 3.36. The highest BCUT2D eigenvalue weighted by molar-refractivity contribution is 5.93. The topological polar surface area (TPSA) is 50.4 Å². The quantitative estimate of drug-likeness (QED) is 0.766. The lowest BCUT2D eigenvalue weighted by Crippen LogP contribution is -2.30. The van der Waals surface area contributed by atoms with E-state index in [1.807, 2.05) is 24.3 Å². The molecule has 0 spiro atoms. The van der Waals surface area contributed by atoms with E-state index < -0.39 is 0 Å². The first-order chi connectivity index (χ1) is 9.48. The Hall–Kier alpha value is -1.39. The number of ether oxygens (including phenoxy) is 1. The van der Waals surface area contributed by atoms with Crippen LogP contribution in [-0.2, 0) is 11.3 Å². The highest BCUT2D eigenvalue weighted by Gasteiger charge is 2.16. The zero-order chi connectivity index (χ0) is 15.0. The van der Waals surface area contributed by atoms with Crippen LogP contribution in [0.1, 0.15) is 36.2 Å². The predicted molar refractivity (Wildman–Crippen MR) is 81.8 cm³/mol. The van der Waals surface area contributed by atoms with Crippen LogP contribution in [-0.4, -0.2) is 33.2 Å². The highest BCUT2D eigenvalue weighted by Crippen LogP contribution is 2.18. The van der Waals surface area contributed by atoms with Crippen LogP contribution in [0.15, 0.2) is 24.3 Å². The van der Waals surface area contributed by atoms with E-state index in [1.165, 1.54) is 5.56 Å². The molecule has 0 heterocycles. The first-order valence-electron chi connectivity index (χ1n) is 6.99. The lowest BCUT2D eigenvalue weighted by Gasteiger charge is -2.24. The van der Waals surface area contributed by atoms with E-state index in [9.17, 15) is 4.79 Å². The second kappa shape index (κ2) is 8.02. The van der Waals surface area contributed by atoms with Gasteiger partial charge in [-0.1, -0.05) is 26.0 Å². The molecule has 1 aromatic carbocycles. The molecule has 4 nitrogen and oxygen atoms in total. The summed E-state index contributed by atoms with van der Waals surface area (Å²) in [5.74, 6) is -0.0507. The Bertz CT molecular complexity index is 413. The van der Waals surface area contributed by atoms with E-state index in [0.29, 0.717) is 5.56 Å². The molecule has 0 aliphatic rings. The molecule has 0 aliphatic heterocycles. The zero-order valence-electron chi connectivity index (χ0n) is 13.0. The van der Waals surface area contributed by atoms with Gasteiger partial charge in [0.2, 0.25) is 0 Å². The van der Waals surface area contributed by atoms with E-state index >= 15 is 0 Å². The van der Waals surface area contributed by atoms with Crippen LogP contribution >= 0.6 is 0 Å². The molecule has 1 rings (SSSR count). The zero-order valence-corrected chi connectivity index (χ0v) is 13.0. The monoisotopic (exact) mass is 278 g/mol. The molecule has 0 bridgehead atoms. The number of methoxy groups -OCH3 is 1. The normalized spacial score (nSPS) is 11.4. The molecule has 0 unspecified atom stereocenters. The number of benzene rings is 1. The molecule has 4 heteroatoms. The summed E-state index contributed by atoms with van der Waals surface area (Å²) in [5.41, 5.74) is 2.09. The number of amides is 1. The fourth-order valence-corrected chi connectivity index (χ4v) is 1.93. The fraction of sp³-hybridized carbons (Fsp3) is 0.562. The van der Waals surface area contributed by atoms with Gasteiger partial charge in [0.05, 0.1) is 0 Å². The van der Waals surface area contributed by atoms with E-state index in [2.05, 4.69) is 24.5 Å². The Morgan fingerprint density at radius 1 is 1.25 bits per heavy atom. The molecule has 112 valence electrons. The number of hydrogen-bond donors (Lipinski definition) is 2. The summed E-state index contributed by atoms with van der Waals surface area (Å²) < 4.78 is 5.12. The Morgan fingerprint density at radius 2 is 1.90 bits per heavy atom. The molecule has 0 radical (unpaired) electrons. The summed E-state index contributed by atoms with van der Waals surface area (Å²) in [5, 5.41) is 6.07. The van der Waals surface area contributed by atoms with Crippen molar-refractivity contribution in [2.45, 2.75) is 26.8 Å². The smallest absolute Gasteiger partial charge is 0.251 e. The lowest BCUT2D eigenvalue weighted by molar-refractivity contribution is 0.0963. The van der Waals surface area contributed by atoms with Crippen molar-refractivity contribution in [3.05, 3.63) is 35.4 Å². The molecule has 0 saturated carbocycles. The van der Waals surface area contributed by atoms with Crippen LogP contribution < -0.4 is 10.6 Å². The second-order valence-corrected chi connectivity index (χ2v) is 5.79. The minimum atomic E-state index is -0.0507. The maximum atomic E-state index is 11.4. The Labute approximate surface area is 121 Å². The maximum Gasteiger partial charge on any atom is 0.251 e. The van der Waals surface area contributed by atoms with E-state index in [0.717, 1.165) is 26.1 Å². The minimum Gasteiger partial charge on any atom is -0.385 e. The van der Waals surface area contributed by atoms with Crippen molar-refractivity contribution in [2.24, 2.45) is 5.41 Å². The molecule has 2 N–H and O–H groups in total. The number of carbonyl (C=O) groups excluding carboxylic acids is 1. The SMILES string of the molecule is CNC(=O)c1ccc(CNCC(C)(C)CCOC)cc1. The number of carbonyl (C=O) groups is 1. The predicted octanol–water partition coefficient (Wildman–Crippen LogP) is 2.20. The van der Waals surface area contributed by atoms with Gasteiger partial charge in [0.1, 0.15) is 0 Å². The molecule has 1 aromatic rings. The van der Waals surface area contributed by atoms with Gasteiger partial charge in [0.15, 0.2) is 0 Å². The lowest BCUT2D eigenvalue weighted by atomic mass is 9.89. The van der Waals surface area contributed by atoms with Crippen LogP contribution in [0, 0.1) is 5.41 Å². The van der Waals surface area contributed by atoms with E-state index in [-0.39, 0.29) is 11.3 Å². The molecule has 20 heavy (non-hydrogen) atoms. The first kappa shape index (κ1) is 16.7. The van der Waals surface area contributed by atoms with Crippen LogP contribution in [0.3, 0.4) is 0 Å². The molecular weight excluding hydrogens is 252 g/mol. The van der Waals surface area contributed by atoms with Crippen molar-refractivity contribution >= 4 is 5.91 Å². The van der Waals surface area contributed by atoms with Crippen LogP contribution in [0.5, 0.6) is 0 Å². The Kier molecular flexibility index (Phi) is 6.68. The van der Waals surface area contributed by atoms with Gasteiger partial charge in [-0.3, -0.25) is 4.79 Å². The van der Waals surface area contributed by atoms with Crippen molar-refractivity contribution in [2.75, 3.05) is 27.3 Å². The standard InChI is InChI=1S/C16H26N2O2/c1-16(2,9-10-20-4)12-18-11-13-5-7-14(8-6-13)15(19)17-3/h5-8,18H,9-12H2,1-4H3,(H,17,19). The summed E-state index contributed by atoms with van der Waals surface area (Å²) in [6.07, 6.45) is 1.03. The average Bonchev–Trinajstić information content (AvgIpc) is 2.45. The summed E-state index contributed by atoms with van der Waals surface area (Å²) in [6.45, 7) is 6.99. The minimum absolute atomic E-state index is 0.0507. The van der Waals surface area contributed by atoms with Gasteiger partial charge in [0.25, 0.3) is 5.91 Å². The largest absolute Gasteiger partial charge is 0.385 e. The van der Waals surface area contributed by atoms with Gasteiger partial charge in [-0.25, -0.2) is 0 Å². The molecule has 0 aliphatic carbocycles. The molecular formula is C16H26N2O2. The van der Waals surface area contributed by atoms with Gasteiger partial charge in [-0.05, 0) is 29.5 Å². The van der Waals surface area contributed by atoms with Crippen LogP contribution in [0.2, 0.25) is 0 Å². The molecule has 0 aromatic heterocycles. The molecule has 1 amide bonds. The van der Waals surface area contributed by atoms with Gasteiger partial charge < -0.3 is 15.4 Å². The highest BCUT2D eigenvalue weighted by atomic mass is 16.5.